The van der Waals surface area contributed by atoms with Crippen molar-refractivity contribution in [2.45, 2.75) is 0 Å². The number of aromatic nitrogens is 1. The number of benzene rings is 1. The van der Waals surface area contributed by atoms with Gasteiger partial charge in [0.05, 0.1) is 6.61 Å². The number of ether oxygens (including phenoxy) is 2. The number of amides is 1. The van der Waals surface area contributed by atoms with Gasteiger partial charge in [0, 0.05) is 25.1 Å². The van der Waals surface area contributed by atoms with Crippen molar-refractivity contribution >= 4 is 11.6 Å². The maximum atomic E-state index is 13.6. The highest BCUT2D eigenvalue weighted by Gasteiger charge is 2.21. The predicted molar refractivity (Wildman–Crippen MR) is 75.9 cm³/mol. The van der Waals surface area contributed by atoms with Crippen molar-refractivity contribution in [1.82, 2.24) is 4.98 Å². The Morgan fingerprint density at radius 3 is 2.65 bits per heavy atom. The molecule has 0 saturated carbocycles. The molecule has 1 aromatic heterocycles. The molecule has 0 saturated heterocycles. The molecule has 0 aliphatic rings. The first-order valence-electron chi connectivity index (χ1n) is 6.55. The molecule has 2 rings (SSSR count). The van der Waals surface area contributed by atoms with Crippen LogP contribution in [0.4, 0.5) is 18.9 Å². The van der Waals surface area contributed by atoms with Crippen molar-refractivity contribution < 1.29 is 27.4 Å². The van der Waals surface area contributed by atoms with Crippen molar-refractivity contribution in [2.24, 2.45) is 0 Å². The Labute approximate surface area is 130 Å². The summed E-state index contributed by atoms with van der Waals surface area (Å²) in [6.45, 7) is 0.589. The molecule has 1 heterocycles. The molecule has 1 aromatic carbocycles. The highest BCUT2D eigenvalue weighted by Crippen LogP contribution is 2.19. The molecule has 0 unspecified atom stereocenters. The smallest absolute Gasteiger partial charge is 0.261 e. The van der Waals surface area contributed by atoms with Crippen molar-refractivity contribution in [1.29, 1.82) is 0 Å². The Bertz CT molecular complexity index is 710. The van der Waals surface area contributed by atoms with Crippen LogP contribution in [-0.4, -0.2) is 31.2 Å². The molecule has 0 aliphatic heterocycles. The maximum absolute atomic E-state index is 13.6. The zero-order valence-corrected chi connectivity index (χ0v) is 12.1. The van der Waals surface area contributed by atoms with E-state index in [1.54, 1.807) is 0 Å². The van der Waals surface area contributed by atoms with Crippen LogP contribution in [0.3, 0.4) is 0 Å². The third-order valence-electron chi connectivity index (χ3n) is 2.80. The maximum Gasteiger partial charge on any atom is 0.261 e. The number of nitrogens with one attached hydrogen (secondary N) is 1. The molecular weight excluding hydrogens is 313 g/mol. The summed E-state index contributed by atoms with van der Waals surface area (Å²) < 4.78 is 50.3. The number of rotatable bonds is 6. The summed E-state index contributed by atoms with van der Waals surface area (Å²) in [7, 11) is 1.51. The minimum absolute atomic E-state index is 0.194. The van der Waals surface area contributed by atoms with Crippen LogP contribution in [0.1, 0.15) is 10.4 Å². The molecule has 23 heavy (non-hydrogen) atoms. The number of carbonyl (C=O) groups excluding carboxylic acids is 1. The number of methoxy groups -OCH3 is 1. The predicted octanol–water partition coefficient (Wildman–Crippen LogP) is 2.78. The van der Waals surface area contributed by atoms with Crippen LogP contribution in [-0.2, 0) is 4.74 Å². The molecular formula is C15H13F3N2O3. The lowest BCUT2D eigenvalue weighted by Crippen LogP contribution is -2.17. The van der Waals surface area contributed by atoms with Gasteiger partial charge in [0.1, 0.15) is 18.0 Å². The van der Waals surface area contributed by atoms with E-state index in [-0.39, 0.29) is 18.2 Å². The summed E-state index contributed by atoms with van der Waals surface area (Å²) in [5.41, 5.74) is -0.802. The van der Waals surface area contributed by atoms with Crippen LogP contribution in [0.2, 0.25) is 0 Å². The SMILES string of the molecule is COCCOc1cc(NC(=O)c2c(F)ccc(F)c2F)ccn1. The van der Waals surface area contributed by atoms with Crippen LogP contribution >= 0.6 is 0 Å². The van der Waals surface area contributed by atoms with Gasteiger partial charge in [0.25, 0.3) is 5.91 Å². The van der Waals surface area contributed by atoms with Crippen molar-refractivity contribution in [3.05, 3.63) is 53.5 Å². The van der Waals surface area contributed by atoms with Gasteiger partial charge in [-0.3, -0.25) is 4.79 Å². The van der Waals surface area contributed by atoms with E-state index in [0.717, 1.165) is 0 Å². The number of hydrogen-bond donors (Lipinski definition) is 1. The lowest BCUT2D eigenvalue weighted by Gasteiger charge is -2.09. The van der Waals surface area contributed by atoms with Crippen LogP contribution < -0.4 is 10.1 Å². The molecule has 2 aromatic rings. The third kappa shape index (κ3) is 4.19. The quantitative estimate of drug-likeness (QED) is 0.655. The van der Waals surface area contributed by atoms with Gasteiger partial charge < -0.3 is 14.8 Å². The van der Waals surface area contributed by atoms with Crippen molar-refractivity contribution in [3.63, 3.8) is 0 Å². The normalized spacial score (nSPS) is 10.4. The topological polar surface area (TPSA) is 60.5 Å². The van der Waals surface area contributed by atoms with E-state index in [9.17, 15) is 18.0 Å². The van der Waals surface area contributed by atoms with E-state index >= 15 is 0 Å². The van der Waals surface area contributed by atoms with Gasteiger partial charge in [-0.15, -0.1) is 0 Å². The molecule has 1 N–H and O–H groups in total. The minimum atomic E-state index is -1.55. The Hall–Kier alpha value is -2.61. The molecule has 1 amide bonds. The van der Waals surface area contributed by atoms with Crippen molar-refractivity contribution in [2.75, 3.05) is 25.6 Å². The zero-order chi connectivity index (χ0) is 16.8. The monoisotopic (exact) mass is 326 g/mol. The van der Waals surface area contributed by atoms with Crippen LogP contribution in [0, 0.1) is 17.5 Å². The van der Waals surface area contributed by atoms with Gasteiger partial charge in [-0.25, -0.2) is 18.2 Å². The Kier molecular flexibility index (Phi) is 5.53. The summed E-state index contributed by atoms with van der Waals surface area (Å²) in [6.07, 6.45) is 1.34. The summed E-state index contributed by atoms with van der Waals surface area (Å²) in [6, 6.07) is 4.05. The first-order valence-corrected chi connectivity index (χ1v) is 6.55. The number of nitrogens with zero attached hydrogens (tertiary/aromatic N) is 1. The van der Waals surface area contributed by atoms with Gasteiger partial charge in [0.15, 0.2) is 11.6 Å². The second-order valence-electron chi connectivity index (χ2n) is 4.40. The molecule has 0 aliphatic carbocycles. The second-order valence-corrected chi connectivity index (χ2v) is 4.40. The summed E-state index contributed by atoms with van der Waals surface area (Å²) in [5.74, 6) is -4.94. The van der Waals surface area contributed by atoms with Crippen molar-refractivity contribution in [3.8, 4) is 5.88 Å². The molecule has 5 nitrogen and oxygen atoms in total. The van der Waals surface area contributed by atoms with Crippen LogP contribution in [0.15, 0.2) is 30.5 Å². The number of carbonyl (C=O) groups is 1. The first kappa shape index (κ1) is 16.8. The van der Waals surface area contributed by atoms with Gasteiger partial charge in [0.2, 0.25) is 5.88 Å². The zero-order valence-electron chi connectivity index (χ0n) is 12.1. The van der Waals surface area contributed by atoms with E-state index < -0.39 is 28.9 Å². The van der Waals surface area contributed by atoms with Gasteiger partial charge >= 0.3 is 0 Å². The molecule has 0 fully saturated rings. The average Bonchev–Trinajstić information content (AvgIpc) is 2.52. The lowest BCUT2D eigenvalue weighted by atomic mass is 10.1. The molecule has 0 radical (unpaired) electrons. The largest absolute Gasteiger partial charge is 0.475 e. The molecule has 0 atom stereocenters. The fourth-order valence-corrected chi connectivity index (χ4v) is 1.72. The van der Waals surface area contributed by atoms with E-state index in [1.165, 1.54) is 25.4 Å². The average molecular weight is 326 g/mol. The number of pyridine rings is 1. The molecule has 8 heteroatoms. The highest BCUT2D eigenvalue weighted by atomic mass is 19.2. The van der Waals surface area contributed by atoms with E-state index in [1.807, 2.05) is 0 Å². The number of anilines is 1. The fourth-order valence-electron chi connectivity index (χ4n) is 1.72. The standard InChI is InChI=1S/C15H13F3N2O3/c1-22-6-7-23-12-8-9(4-5-19-12)20-15(21)13-10(16)2-3-11(17)14(13)18/h2-5,8H,6-7H2,1H3,(H,19,20,21). The minimum Gasteiger partial charge on any atom is -0.475 e. The molecule has 0 bridgehead atoms. The van der Waals surface area contributed by atoms with Crippen LogP contribution in [0.25, 0.3) is 0 Å². The summed E-state index contributed by atoms with van der Waals surface area (Å²) >= 11 is 0. The number of halogens is 3. The molecule has 122 valence electrons. The fraction of sp³-hybridized carbons (Fsp3) is 0.200. The Balaban J connectivity index is 2.15. The van der Waals surface area contributed by atoms with E-state index in [2.05, 4.69) is 10.3 Å². The van der Waals surface area contributed by atoms with Gasteiger partial charge in [-0.1, -0.05) is 0 Å². The highest BCUT2D eigenvalue weighted by molar-refractivity contribution is 6.04. The van der Waals surface area contributed by atoms with Gasteiger partial charge in [-0.05, 0) is 18.2 Å². The summed E-state index contributed by atoms with van der Waals surface area (Å²) in [4.78, 5) is 15.8. The third-order valence-corrected chi connectivity index (χ3v) is 2.80. The second kappa shape index (κ2) is 7.59. The lowest BCUT2D eigenvalue weighted by molar-refractivity contribution is 0.101. The summed E-state index contributed by atoms with van der Waals surface area (Å²) in [5, 5.41) is 2.26. The van der Waals surface area contributed by atoms with Crippen LogP contribution in [0.5, 0.6) is 5.88 Å². The Morgan fingerprint density at radius 2 is 1.91 bits per heavy atom. The van der Waals surface area contributed by atoms with E-state index in [0.29, 0.717) is 18.7 Å². The first-order chi connectivity index (χ1) is 11.0. The van der Waals surface area contributed by atoms with E-state index in [4.69, 9.17) is 9.47 Å². The Morgan fingerprint density at radius 1 is 1.17 bits per heavy atom. The molecule has 0 spiro atoms. The number of hydrogen-bond acceptors (Lipinski definition) is 4. The van der Waals surface area contributed by atoms with Gasteiger partial charge in [-0.2, -0.15) is 0 Å².